The van der Waals surface area contributed by atoms with E-state index in [9.17, 15) is 0 Å². The maximum atomic E-state index is 5.46. The second-order valence-electron chi connectivity index (χ2n) is 7.84. The number of aliphatic imine (C=N–C) groups is 1. The number of likely N-dealkylation sites (tertiary alicyclic amines) is 1. The molecule has 0 radical (unpaired) electrons. The summed E-state index contributed by atoms with van der Waals surface area (Å²) in [7, 11) is 1.81. The molecule has 2 heterocycles. The maximum Gasteiger partial charge on any atom is 0.191 e. The largest absolute Gasteiger partial charge is 0.359 e. The predicted octanol–water partition coefficient (Wildman–Crippen LogP) is 4.37. The van der Waals surface area contributed by atoms with E-state index in [2.05, 4.69) is 52.5 Å². The van der Waals surface area contributed by atoms with Crippen molar-refractivity contribution in [3.05, 3.63) is 17.5 Å². The molecule has 1 atom stereocenters. The van der Waals surface area contributed by atoms with Crippen LogP contribution in [0.2, 0.25) is 0 Å². The van der Waals surface area contributed by atoms with Gasteiger partial charge >= 0.3 is 0 Å². The van der Waals surface area contributed by atoms with Crippen LogP contribution in [0.1, 0.15) is 76.7 Å². The quantitative estimate of drug-likeness (QED) is 0.214. The van der Waals surface area contributed by atoms with Crippen LogP contribution >= 0.6 is 24.0 Å². The minimum absolute atomic E-state index is 0. The highest BCUT2D eigenvalue weighted by Gasteiger charge is 2.15. The molecule has 1 unspecified atom stereocenters. The topological polar surface area (TPSA) is 65.7 Å². The fourth-order valence-electron chi connectivity index (χ4n) is 3.86. The number of aromatic nitrogens is 1. The molecule has 0 bridgehead atoms. The zero-order chi connectivity index (χ0) is 19.5. The standard InChI is InChI=1S/C21H39N5O.HI/c1-5-18(6-2)20-14-19(27-25-20)15-24-21(22-4)23-11-7-8-12-26-13-9-10-17(3)16-26;/h14,17-18H,5-13,15-16H2,1-4H3,(H2,22,23,24);1H. The molecule has 6 nitrogen and oxygen atoms in total. The Morgan fingerprint density at radius 3 is 2.79 bits per heavy atom. The van der Waals surface area contributed by atoms with E-state index in [-0.39, 0.29) is 24.0 Å². The van der Waals surface area contributed by atoms with Crippen LogP contribution in [0.15, 0.2) is 15.6 Å². The Morgan fingerprint density at radius 1 is 1.32 bits per heavy atom. The van der Waals surface area contributed by atoms with Gasteiger partial charge in [-0.1, -0.05) is 25.9 Å². The summed E-state index contributed by atoms with van der Waals surface area (Å²) in [6.07, 6.45) is 7.33. The molecule has 1 aliphatic rings. The van der Waals surface area contributed by atoms with Crippen LogP contribution in [0.5, 0.6) is 0 Å². The second-order valence-corrected chi connectivity index (χ2v) is 7.84. The summed E-state index contributed by atoms with van der Waals surface area (Å²) in [5, 5.41) is 10.9. The monoisotopic (exact) mass is 505 g/mol. The molecule has 1 aromatic heterocycles. The summed E-state index contributed by atoms with van der Waals surface area (Å²) in [6, 6.07) is 2.07. The van der Waals surface area contributed by atoms with Crippen molar-refractivity contribution in [2.45, 2.75) is 71.8 Å². The molecule has 2 N–H and O–H groups in total. The molecule has 0 amide bonds. The highest BCUT2D eigenvalue weighted by Crippen LogP contribution is 2.22. The van der Waals surface area contributed by atoms with Gasteiger partial charge in [0.15, 0.2) is 11.7 Å². The average molecular weight is 505 g/mol. The van der Waals surface area contributed by atoms with E-state index in [1.54, 1.807) is 7.05 Å². The van der Waals surface area contributed by atoms with Gasteiger partial charge in [-0.25, -0.2) is 0 Å². The van der Waals surface area contributed by atoms with Gasteiger partial charge in [0.05, 0.1) is 12.2 Å². The Bertz CT molecular complexity index is 559. The van der Waals surface area contributed by atoms with Gasteiger partial charge in [-0.15, -0.1) is 24.0 Å². The predicted molar refractivity (Wildman–Crippen MR) is 128 cm³/mol. The summed E-state index contributed by atoms with van der Waals surface area (Å²) in [5.41, 5.74) is 1.06. The van der Waals surface area contributed by atoms with Gasteiger partial charge in [0.25, 0.3) is 0 Å². The molecule has 0 aliphatic carbocycles. The van der Waals surface area contributed by atoms with Crippen molar-refractivity contribution in [3.8, 4) is 0 Å². The first kappa shape index (κ1) is 25.2. The Morgan fingerprint density at radius 2 is 2.11 bits per heavy atom. The lowest BCUT2D eigenvalue weighted by Crippen LogP contribution is -2.38. The highest BCUT2D eigenvalue weighted by atomic mass is 127. The fourth-order valence-corrected chi connectivity index (χ4v) is 3.86. The lowest BCUT2D eigenvalue weighted by Gasteiger charge is -2.30. The summed E-state index contributed by atoms with van der Waals surface area (Å²) in [4.78, 5) is 6.91. The summed E-state index contributed by atoms with van der Waals surface area (Å²) < 4.78 is 5.46. The third kappa shape index (κ3) is 8.68. The lowest BCUT2D eigenvalue weighted by atomic mass is 9.99. The van der Waals surface area contributed by atoms with E-state index in [1.807, 2.05) is 0 Å². The molecule has 1 saturated heterocycles. The van der Waals surface area contributed by atoms with Crippen LogP contribution < -0.4 is 10.6 Å². The SMILES string of the molecule is CCC(CC)c1cc(CNC(=NC)NCCCCN2CCCC(C)C2)on1.I. The van der Waals surface area contributed by atoms with E-state index in [0.29, 0.717) is 12.5 Å². The maximum absolute atomic E-state index is 5.46. The third-order valence-electron chi connectivity index (χ3n) is 5.57. The van der Waals surface area contributed by atoms with Crippen molar-refractivity contribution in [2.75, 3.05) is 33.2 Å². The molecule has 1 fully saturated rings. The number of rotatable bonds is 10. The van der Waals surface area contributed by atoms with E-state index in [4.69, 9.17) is 4.52 Å². The number of piperidine rings is 1. The number of unbranched alkanes of at least 4 members (excludes halogenated alkanes) is 1. The Balaban J connectivity index is 0.00000392. The van der Waals surface area contributed by atoms with Crippen molar-refractivity contribution >= 4 is 29.9 Å². The summed E-state index contributed by atoms with van der Waals surface area (Å²) in [6.45, 7) is 12.1. The van der Waals surface area contributed by atoms with Crippen LogP contribution in [0, 0.1) is 5.92 Å². The normalized spacial score (nSPS) is 18.2. The van der Waals surface area contributed by atoms with E-state index >= 15 is 0 Å². The Kier molecular flexibility index (Phi) is 12.8. The fraction of sp³-hybridized carbons (Fsp3) is 0.810. The molecular formula is C21H40IN5O. The first-order valence-corrected chi connectivity index (χ1v) is 10.8. The van der Waals surface area contributed by atoms with Gasteiger partial charge in [-0.2, -0.15) is 0 Å². The third-order valence-corrected chi connectivity index (χ3v) is 5.57. The molecule has 0 aromatic carbocycles. The number of guanidine groups is 1. The van der Waals surface area contributed by atoms with Crippen LogP contribution in [0.3, 0.4) is 0 Å². The number of halogens is 1. The van der Waals surface area contributed by atoms with E-state index in [0.717, 1.165) is 49.1 Å². The van der Waals surface area contributed by atoms with Gasteiger partial charge in [-0.3, -0.25) is 4.99 Å². The first-order valence-electron chi connectivity index (χ1n) is 10.8. The van der Waals surface area contributed by atoms with Gasteiger partial charge in [0.2, 0.25) is 0 Å². The van der Waals surface area contributed by atoms with Crippen molar-refractivity contribution in [1.82, 2.24) is 20.7 Å². The minimum atomic E-state index is 0. The Labute approximate surface area is 188 Å². The van der Waals surface area contributed by atoms with Crippen LogP contribution in [-0.2, 0) is 6.54 Å². The second kappa shape index (κ2) is 14.2. The number of hydrogen-bond donors (Lipinski definition) is 2. The van der Waals surface area contributed by atoms with E-state index in [1.165, 1.54) is 38.9 Å². The molecule has 1 aromatic rings. The smallest absolute Gasteiger partial charge is 0.191 e. The number of nitrogens with one attached hydrogen (secondary N) is 2. The lowest BCUT2D eigenvalue weighted by molar-refractivity contribution is 0.181. The Hall–Kier alpha value is -0.830. The van der Waals surface area contributed by atoms with Gasteiger partial charge < -0.3 is 20.1 Å². The highest BCUT2D eigenvalue weighted by molar-refractivity contribution is 14.0. The molecule has 0 spiro atoms. The molecule has 162 valence electrons. The van der Waals surface area contributed by atoms with Crippen molar-refractivity contribution in [1.29, 1.82) is 0 Å². The van der Waals surface area contributed by atoms with Gasteiger partial charge in [0, 0.05) is 32.1 Å². The first-order chi connectivity index (χ1) is 13.2. The molecule has 7 heteroatoms. The number of nitrogens with zero attached hydrogens (tertiary/aromatic N) is 3. The number of hydrogen-bond acceptors (Lipinski definition) is 4. The van der Waals surface area contributed by atoms with Gasteiger partial charge in [-0.05, 0) is 57.5 Å². The molecule has 0 saturated carbocycles. The van der Waals surface area contributed by atoms with Gasteiger partial charge in [0.1, 0.15) is 0 Å². The van der Waals surface area contributed by atoms with Crippen LogP contribution in [0.4, 0.5) is 0 Å². The minimum Gasteiger partial charge on any atom is -0.359 e. The zero-order valence-electron chi connectivity index (χ0n) is 18.2. The molecule has 1 aliphatic heterocycles. The summed E-state index contributed by atoms with van der Waals surface area (Å²) >= 11 is 0. The van der Waals surface area contributed by atoms with Crippen molar-refractivity contribution in [2.24, 2.45) is 10.9 Å². The van der Waals surface area contributed by atoms with Crippen molar-refractivity contribution < 1.29 is 4.52 Å². The zero-order valence-corrected chi connectivity index (χ0v) is 20.5. The van der Waals surface area contributed by atoms with Crippen LogP contribution in [-0.4, -0.2) is 49.2 Å². The molecular weight excluding hydrogens is 465 g/mol. The molecule has 28 heavy (non-hydrogen) atoms. The summed E-state index contributed by atoms with van der Waals surface area (Å²) in [5.74, 6) is 3.03. The molecule has 2 rings (SSSR count). The van der Waals surface area contributed by atoms with Crippen molar-refractivity contribution in [3.63, 3.8) is 0 Å². The average Bonchev–Trinajstić information content (AvgIpc) is 3.14. The van der Waals surface area contributed by atoms with E-state index < -0.39 is 0 Å². The van der Waals surface area contributed by atoms with Crippen LogP contribution in [0.25, 0.3) is 0 Å².